The first-order chi connectivity index (χ1) is 56.6. The maximum Gasteiger partial charge on any atom is 0.245 e. The summed E-state index contributed by atoms with van der Waals surface area (Å²) in [7, 11) is 0. The predicted octanol–water partition coefficient (Wildman–Crippen LogP) is 3.73. The number of benzene rings is 5. The Morgan fingerprint density at radius 3 is 1.44 bits per heavy atom. The lowest BCUT2D eigenvalue weighted by molar-refractivity contribution is -0.142. The van der Waals surface area contributed by atoms with E-state index in [0.717, 1.165) is 10.8 Å². The molecule has 0 aliphatic carbocycles. The number of imidazole rings is 2. The fraction of sp³-hybridized carbons (Fsp3) is 0.400. The highest BCUT2D eigenvalue weighted by atomic mass is 35.5. The van der Waals surface area contributed by atoms with Crippen LogP contribution in [0.1, 0.15) is 120 Å². The number of halogens is 1. The highest BCUT2D eigenvalue weighted by molar-refractivity contribution is 6.30. The molecule has 3 aromatic heterocycles. The largest absolute Gasteiger partial charge is 0.394 e. The van der Waals surface area contributed by atoms with Crippen LogP contribution in [0.25, 0.3) is 10.8 Å². The molecule has 32 nitrogen and oxygen atoms in total. The van der Waals surface area contributed by atoms with Crippen molar-refractivity contribution in [3.8, 4) is 0 Å². The summed E-state index contributed by atoms with van der Waals surface area (Å²) in [6.07, 6.45) is 9.45. The summed E-state index contributed by atoms with van der Waals surface area (Å²) in [5.41, 5.74) is 9.18. The molecule has 4 heterocycles. The maximum absolute atomic E-state index is 15.6. The Bertz CT molecular complexity index is 4690. The van der Waals surface area contributed by atoms with Crippen molar-refractivity contribution in [1.82, 2.24) is 83.0 Å². The number of fused-ring (bicyclic) bond motifs is 1. The summed E-state index contributed by atoms with van der Waals surface area (Å²) >= 11 is 6.29. The van der Waals surface area contributed by atoms with Gasteiger partial charge in [0.1, 0.15) is 66.0 Å². The lowest BCUT2D eigenvalue weighted by atomic mass is 9.99. The Balaban J connectivity index is 1.01. The first kappa shape index (κ1) is 89.7. The van der Waals surface area contributed by atoms with Crippen LogP contribution in [0.3, 0.4) is 0 Å². The van der Waals surface area contributed by atoms with Crippen molar-refractivity contribution in [1.29, 1.82) is 0 Å². The van der Waals surface area contributed by atoms with Crippen molar-refractivity contribution in [3.05, 3.63) is 209 Å². The first-order valence-electron chi connectivity index (χ1n) is 39.6. The van der Waals surface area contributed by atoms with Crippen molar-refractivity contribution < 1.29 is 62.6 Å². The molecule has 626 valence electrons. The van der Waals surface area contributed by atoms with Crippen LogP contribution in [-0.4, -0.2) is 192 Å². The van der Waals surface area contributed by atoms with E-state index in [9.17, 15) is 33.9 Å². The monoisotopic (exact) mass is 1640 g/mol. The summed E-state index contributed by atoms with van der Waals surface area (Å²) < 4.78 is 0. The van der Waals surface area contributed by atoms with Crippen molar-refractivity contribution >= 4 is 105 Å². The van der Waals surface area contributed by atoms with Crippen LogP contribution in [0.5, 0.6) is 0 Å². The molecular weight excluding hydrogens is 1530 g/mol. The fourth-order valence-corrected chi connectivity index (χ4v) is 13.8. The second kappa shape index (κ2) is 44.7. The summed E-state index contributed by atoms with van der Waals surface area (Å²) in [5, 5.41) is 47.2. The molecule has 33 heteroatoms. The van der Waals surface area contributed by atoms with Gasteiger partial charge in [-0.15, -0.1) is 0 Å². The van der Waals surface area contributed by atoms with Gasteiger partial charge < -0.3 is 89.5 Å². The van der Waals surface area contributed by atoms with E-state index in [-0.39, 0.29) is 76.3 Å². The summed E-state index contributed by atoms with van der Waals surface area (Å²) in [5.74, 6) is -8.02. The molecule has 0 radical (unpaired) electrons. The SMILES string of the molecule is CC(=O)N[C@H](Cc1ccc2ccccc2c1)C(=O)N[C@H](Cc1ccc(Cl)cc1)C(=O)N[C@H](Cc1cccnc1)C(=O)N[C@@H](CO)C(=O)N[C@@H](Cc1ccc(NC(=O)Cc2ncc[nH]2)cc1)C(=O)N[C@H](Cc1ccc(NC(=O)Cc2ncc[nH]2)cc1)C(=O)N[C@@H](CC(C)C)C(=O)N[C@@H](CCCCNC(C)C)C(=O)N1CCC[C@H]1C(=O)N[C@H](C)N. The molecule has 1 aliphatic rings. The Kier molecular flexibility index (Phi) is 34.0. The van der Waals surface area contributed by atoms with E-state index in [0.29, 0.717) is 88.1 Å². The molecule has 0 spiro atoms. The van der Waals surface area contributed by atoms with Crippen molar-refractivity contribution in [3.63, 3.8) is 0 Å². The minimum atomic E-state index is -1.87. The minimum absolute atomic E-state index is 0.0239. The quantitative estimate of drug-likeness (QED) is 0.0191. The number of carbonyl (C=O) groups excluding carboxylic acids is 12. The van der Waals surface area contributed by atoms with Crippen LogP contribution in [0.15, 0.2) is 165 Å². The number of pyridine rings is 1. The van der Waals surface area contributed by atoms with Gasteiger partial charge in [0.15, 0.2) is 0 Å². The normalized spacial score (nSPS) is 14.8. The maximum atomic E-state index is 15.6. The van der Waals surface area contributed by atoms with Gasteiger partial charge in [0, 0.05) is 105 Å². The van der Waals surface area contributed by atoms with E-state index in [1.165, 1.54) is 36.6 Å². The van der Waals surface area contributed by atoms with Crippen LogP contribution in [-0.2, 0) is 102 Å². The van der Waals surface area contributed by atoms with Crippen LogP contribution >= 0.6 is 11.6 Å². The zero-order chi connectivity index (χ0) is 84.8. The van der Waals surface area contributed by atoms with Crippen LogP contribution in [0.2, 0.25) is 5.02 Å². The van der Waals surface area contributed by atoms with Gasteiger partial charge in [0.25, 0.3) is 0 Å². The molecule has 0 saturated carbocycles. The van der Waals surface area contributed by atoms with Gasteiger partial charge in [-0.1, -0.05) is 124 Å². The molecule has 5 aromatic carbocycles. The van der Waals surface area contributed by atoms with E-state index in [2.05, 4.69) is 88.7 Å². The third-order valence-electron chi connectivity index (χ3n) is 19.6. The van der Waals surface area contributed by atoms with E-state index < -0.39 is 138 Å². The Morgan fingerprint density at radius 2 is 0.966 bits per heavy atom. The number of anilines is 2. The van der Waals surface area contributed by atoms with Gasteiger partial charge in [0.2, 0.25) is 70.9 Å². The molecule has 8 aromatic rings. The molecule has 1 fully saturated rings. The number of hydrogen-bond acceptors (Lipinski definition) is 18. The Labute approximate surface area is 689 Å². The van der Waals surface area contributed by atoms with Gasteiger partial charge in [0.05, 0.1) is 25.6 Å². The second-order valence-electron chi connectivity index (χ2n) is 30.2. The van der Waals surface area contributed by atoms with E-state index in [1.54, 1.807) is 104 Å². The fourth-order valence-electron chi connectivity index (χ4n) is 13.7. The molecule has 0 bridgehead atoms. The predicted molar refractivity (Wildman–Crippen MR) is 444 cm³/mol. The van der Waals surface area contributed by atoms with E-state index in [4.69, 9.17) is 17.3 Å². The molecule has 10 atom stereocenters. The molecule has 1 saturated heterocycles. The van der Waals surface area contributed by atoms with Gasteiger partial charge in [-0.2, -0.15) is 0 Å². The number of amides is 12. The Morgan fingerprint density at radius 1 is 0.508 bits per heavy atom. The van der Waals surface area contributed by atoms with Crippen LogP contribution < -0.4 is 69.5 Å². The minimum Gasteiger partial charge on any atom is -0.394 e. The summed E-state index contributed by atoms with van der Waals surface area (Å²) in [6, 6.07) is 23.1. The number of aromatic nitrogens is 5. The number of hydrogen-bond donors (Lipinski definition) is 16. The smallest absolute Gasteiger partial charge is 0.245 e. The van der Waals surface area contributed by atoms with Gasteiger partial charge in [-0.25, -0.2) is 9.97 Å². The summed E-state index contributed by atoms with van der Waals surface area (Å²) in [4.78, 5) is 193. The summed E-state index contributed by atoms with van der Waals surface area (Å²) in [6.45, 7) is 10.3. The number of nitrogens with zero attached hydrogens (tertiary/aromatic N) is 4. The molecule has 9 rings (SSSR count). The number of H-pyrrole nitrogens is 2. The third-order valence-corrected chi connectivity index (χ3v) is 19.8. The van der Waals surface area contributed by atoms with Crippen molar-refractivity contribution in [2.24, 2.45) is 11.7 Å². The zero-order valence-corrected chi connectivity index (χ0v) is 67.7. The number of aliphatic hydroxyl groups excluding tert-OH is 1. The number of nitrogens with two attached hydrogens (primary N) is 1. The topological polar surface area (TPSA) is 469 Å². The molecule has 1 aliphatic heterocycles. The number of carbonyl (C=O) groups is 12. The third kappa shape index (κ3) is 28.6. The van der Waals surface area contributed by atoms with Crippen molar-refractivity contribution in [2.45, 2.75) is 192 Å². The lowest BCUT2D eigenvalue weighted by Gasteiger charge is -2.31. The van der Waals surface area contributed by atoms with Gasteiger partial charge in [-0.05, 0) is 139 Å². The van der Waals surface area contributed by atoms with Gasteiger partial charge in [-0.3, -0.25) is 62.5 Å². The molecule has 12 amide bonds. The molecule has 118 heavy (non-hydrogen) atoms. The molecular formula is C85H106ClN19O13. The second-order valence-corrected chi connectivity index (χ2v) is 30.6. The number of rotatable bonds is 43. The van der Waals surface area contributed by atoms with Crippen LogP contribution in [0, 0.1) is 5.92 Å². The van der Waals surface area contributed by atoms with Gasteiger partial charge >= 0.3 is 0 Å². The van der Waals surface area contributed by atoms with Crippen LogP contribution in [0.4, 0.5) is 11.4 Å². The number of aromatic amines is 2. The number of unbranched alkanes of at least 4 members (excludes halogenated alkanes) is 1. The standard InChI is InChI=1S/C85H106ClN19O13/c1-50(2)39-65(77(110)98-64(16-9-10-33-89-51(3)4)85(118)105-38-12-17-72(105)84(117)94-52(5)87)99-79(112)68(42-55-21-28-62(29-22-55)96-75(108)46-73-90-34-35-91-73)101-81(114)69(43-56-23-30-63(31-24-56)97-76(109)47-74-92-36-37-93-74)103-83(116)71(49-106)104-82(115)70(45-58-13-11-32-88-48-58)102-80(113)67(41-54-19-26-61(86)27-20-54)100-78(111)66(95-53(6)107)44-57-18-25-59-14-7-8-15-60(59)40-57/h7-8,11,13-15,18-32,34-37,40,48,50-52,64-72,89,106H,9-10,12,16-17,33,38-39,41-47,49,87H2,1-6H3,(H,90,91)(H,92,93)(H,94,117)(H,95,107)(H,96,108)(H,97,109)(H,98,110)(H,99,112)(H,100,111)(H,101,114)(H,102,113)(H,103,116)(H,104,115)/t52-,64+,65+,66-,67-,68-,69+,70-,71+,72+/m1/s1. The zero-order valence-electron chi connectivity index (χ0n) is 66.9. The highest BCUT2D eigenvalue weighted by Crippen LogP contribution is 2.23. The average molecular weight is 1640 g/mol. The number of aliphatic hydroxyl groups is 1. The first-order valence-corrected chi connectivity index (χ1v) is 40.0. The van der Waals surface area contributed by atoms with E-state index in [1.807, 2.05) is 70.2 Å². The average Bonchev–Trinajstić information content (AvgIpc) is 1.52. The van der Waals surface area contributed by atoms with Crippen molar-refractivity contribution in [2.75, 3.05) is 30.3 Å². The number of nitrogens with one attached hydrogen (secondary N) is 14. The lowest BCUT2D eigenvalue weighted by Crippen LogP contribution is -2.62. The number of likely N-dealkylation sites (tertiary alicyclic amines) is 1. The highest BCUT2D eigenvalue weighted by Gasteiger charge is 2.40. The Hall–Kier alpha value is -12.3. The van der Waals surface area contributed by atoms with E-state index >= 15 is 28.8 Å². The molecule has 0 unspecified atom stereocenters. The molecule has 17 N–H and O–H groups in total.